The van der Waals surface area contributed by atoms with Gasteiger partial charge in [0, 0.05) is 12.8 Å². The van der Waals surface area contributed by atoms with E-state index >= 15 is 0 Å². The van der Waals surface area contributed by atoms with Gasteiger partial charge in [0.15, 0.2) is 5.78 Å². The number of ketones is 1. The minimum Gasteiger partial charge on any atom is -0.385 e. The predicted octanol–water partition coefficient (Wildman–Crippen LogP) is 2.70. The van der Waals surface area contributed by atoms with Gasteiger partial charge in [-0.1, -0.05) is 20.8 Å². The molecule has 0 aliphatic heterocycles. The Kier molecular flexibility index (Phi) is 4.77. The molecule has 0 aromatic carbocycles. The van der Waals surface area contributed by atoms with E-state index in [9.17, 15) is 23.1 Å². The zero-order valence-corrected chi connectivity index (χ0v) is 9.19. The van der Waals surface area contributed by atoms with Crippen molar-refractivity contribution >= 4 is 5.78 Å². The van der Waals surface area contributed by atoms with Crippen LogP contribution in [0.15, 0.2) is 0 Å². The van der Waals surface area contributed by atoms with E-state index < -0.39 is 29.9 Å². The Morgan fingerprint density at radius 3 is 2.07 bits per heavy atom. The van der Waals surface area contributed by atoms with Crippen LogP contribution < -0.4 is 0 Å². The molecule has 0 amide bonds. The van der Waals surface area contributed by atoms with Gasteiger partial charge >= 0.3 is 6.18 Å². The van der Waals surface area contributed by atoms with E-state index in [1.807, 2.05) is 0 Å². The van der Waals surface area contributed by atoms with Crippen LogP contribution in [0.2, 0.25) is 0 Å². The van der Waals surface area contributed by atoms with Gasteiger partial charge in [-0.2, -0.15) is 13.2 Å². The fourth-order valence-corrected chi connectivity index (χ4v) is 1.08. The number of halogens is 3. The number of aliphatic hydroxyl groups is 1. The van der Waals surface area contributed by atoms with Gasteiger partial charge in [-0.25, -0.2) is 0 Å². The van der Waals surface area contributed by atoms with Crippen LogP contribution in [0.1, 0.15) is 40.0 Å². The summed E-state index contributed by atoms with van der Waals surface area (Å²) in [5, 5.41) is 9.45. The molecule has 0 aromatic heterocycles. The van der Waals surface area contributed by atoms with Crippen molar-refractivity contribution < 1.29 is 23.1 Å². The first-order valence-electron chi connectivity index (χ1n) is 4.81. The molecule has 15 heavy (non-hydrogen) atoms. The van der Waals surface area contributed by atoms with E-state index in [0.717, 1.165) is 0 Å². The molecule has 0 aliphatic rings. The number of carbonyl (C=O) groups is 1. The van der Waals surface area contributed by atoms with E-state index in [0.29, 0.717) is 0 Å². The van der Waals surface area contributed by atoms with Crippen LogP contribution in [0.4, 0.5) is 13.2 Å². The summed E-state index contributed by atoms with van der Waals surface area (Å²) in [5.74, 6) is -0.522. The Morgan fingerprint density at radius 1 is 1.27 bits per heavy atom. The number of rotatable bonds is 4. The van der Waals surface area contributed by atoms with E-state index in [1.165, 1.54) is 0 Å². The van der Waals surface area contributed by atoms with Gasteiger partial charge in [0.25, 0.3) is 0 Å². The first kappa shape index (κ1) is 14.4. The van der Waals surface area contributed by atoms with Crippen LogP contribution in [0.3, 0.4) is 0 Å². The Morgan fingerprint density at radius 2 is 1.73 bits per heavy atom. The molecule has 1 atom stereocenters. The minimum atomic E-state index is -4.23. The zero-order chi connectivity index (χ0) is 12.3. The molecule has 2 nitrogen and oxygen atoms in total. The lowest BCUT2D eigenvalue weighted by atomic mass is 9.85. The lowest BCUT2D eigenvalue weighted by Crippen LogP contribution is -2.34. The fourth-order valence-electron chi connectivity index (χ4n) is 1.08. The summed E-state index contributed by atoms with van der Waals surface area (Å²) in [6.07, 6.45) is -6.87. The van der Waals surface area contributed by atoms with Crippen LogP contribution in [0.25, 0.3) is 0 Å². The summed E-state index contributed by atoms with van der Waals surface area (Å²) < 4.78 is 35.3. The minimum absolute atomic E-state index is 0.224. The molecular weight excluding hydrogens is 209 g/mol. The fraction of sp³-hybridized carbons (Fsp3) is 0.900. The summed E-state index contributed by atoms with van der Waals surface area (Å²) in [5.41, 5.74) is -0.616. The van der Waals surface area contributed by atoms with Crippen LogP contribution in [-0.4, -0.2) is 23.2 Å². The van der Waals surface area contributed by atoms with Crippen molar-refractivity contribution in [3.8, 4) is 0 Å². The maximum Gasteiger partial charge on any atom is 0.389 e. The van der Waals surface area contributed by atoms with Gasteiger partial charge in [-0.15, -0.1) is 0 Å². The zero-order valence-electron chi connectivity index (χ0n) is 9.19. The number of alkyl halides is 3. The third kappa shape index (κ3) is 6.49. The average Bonchev–Trinajstić information content (AvgIpc) is 1.98. The van der Waals surface area contributed by atoms with Crippen LogP contribution in [-0.2, 0) is 4.79 Å². The molecule has 1 unspecified atom stereocenters. The van der Waals surface area contributed by atoms with Crippen molar-refractivity contribution in [2.24, 2.45) is 5.41 Å². The number of aliphatic hydroxyl groups excluding tert-OH is 1. The molecule has 0 rings (SSSR count). The van der Waals surface area contributed by atoms with Crippen molar-refractivity contribution in [3.05, 3.63) is 0 Å². The number of Topliss-reactive ketones (excluding diaryl/α,β-unsaturated/α-hetero) is 1. The molecule has 1 N–H and O–H groups in total. The second-order valence-corrected chi connectivity index (χ2v) is 4.70. The Hall–Kier alpha value is -0.580. The highest BCUT2D eigenvalue weighted by Crippen LogP contribution is 2.25. The standard InChI is InChI=1S/C10H17F3O2/c1-9(2,3)8(15)7(14)5-4-6-10(11,12)13/h8,15H,4-6H2,1-3H3. The molecule has 90 valence electrons. The monoisotopic (exact) mass is 226 g/mol. The second-order valence-electron chi connectivity index (χ2n) is 4.70. The Bertz CT molecular complexity index is 216. The summed E-state index contributed by atoms with van der Waals surface area (Å²) in [4.78, 5) is 11.3. The number of hydrogen-bond donors (Lipinski definition) is 1. The van der Waals surface area contributed by atoms with E-state index in [-0.39, 0.29) is 12.8 Å². The highest BCUT2D eigenvalue weighted by Gasteiger charge is 2.30. The van der Waals surface area contributed by atoms with Crippen molar-refractivity contribution in [2.75, 3.05) is 0 Å². The molecule has 0 aliphatic carbocycles. The molecule has 0 spiro atoms. The normalized spacial score (nSPS) is 15.1. The Balaban J connectivity index is 3.96. The van der Waals surface area contributed by atoms with E-state index in [4.69, 9.17) is 0 Å². The van der Waals surface area contributed by atoms with Gasteiger partial charge in [0.1, 0.15) is 6.10 Å². The number of hydrogen-bond acceptors (Lipinski definition) is 2. The lowest BCUT2D eigenvalue weighted by Gasteiger charge is -2.24. The van der Waals surface area contributed by atoms with Crippen LogP contribution in [0.5, 0.6) is 0 Å². The maximum atomic E-state index is 11.8. The average molecular weight is 226 g/mol. The van der Waals surface area contributed by atoms with E-state index in [2.05, 4.69) is 0 Å². The highest BCUT2D eigenvalue weighted by molar-refractivity contribution is 5.83. The quantitative estimate of drug-likeness (QED) is 0.800. The van der Waals surface area contributed by atoms with Gasteiger partial charge in [0.05, 0.1) is 0 Å². The van der Waals surface area contributed by atoms with Gasteiger partial charge in [0.2, 0.25) is 0 Å². The first-order chi connectivity index (χ1) is 6.54. The first-order valence-corrected chi connectivity index (χ1v) is 4.81. The van der Waals surface area contributed by atoms with Gasteiger partial charge in [-0.3, -0.25) is 4.79 Å². The smallest absolute Gasteiger partial charge is 0.385 e. The highest BCUT2D eigenvalue weighted by atomic mass is 19.4. The maximum absolute atomic E-state index is 11.8. The predicted molar refractivity (Wildman–Crippen MR) is 50.4 cm³/mol. The molecule has 0 bridgehead atoms. The summed E-state index contributed by atoms with van der Waals surface area (Å²) >= 11 is 0. The molecule has 0 saturated heterocycles. The molecule has 0 fully saturated rings. The molecule has 0 radical (unpaired) electrons. The SMILES string of the molecule is CC(C)(C)C(O)C(=O)CCCC(F)(F)F. The lowest BCUT2D eigenvalue weighted by molar-refractivity contribution is -0.140. The molecular formula is C10H17F3O2. The van der Waals surface area contributed by atoms with Crippen molar-refractivity contribution in [3.63, 3.8) is 0 Å². The molecule has 0 aromatic rings. The van der Waals surface area contributed by atoms with Crippen LogP contribution >= 0.6 is 0 Å². The second kappa shape index (κ2) is 4.96. The summed E-state index contributed by atoms with van der Waals surface area (Å²) in [6.45, 7) is 5.00. The summed E-state index contributed by atoms with van der Waals surface area (Å²) in [6, 6.07) is 0. The largest absolute Gasteiger partial charge is 0.389 e. The summed E-state index contributed by atoms with van der Waals surface area (Å²) in [7, 11) is 0. The van der Waals surface area contributed by atoms with E-state index in [1.54, 1.807) is 20.8 Å². The van der Waals surface area contributed by atoms with Crippen molar-refractivity contribution in [1.29, 1.82) is 0 Å². The van der Waals surface area contributed by atoms with Crippen LogP contribution in [0, 0.1) is 5.41 Å². The topological polar surface area (TPSA) is 37.3 Å². The molecule has 0 heterocycles. The Labute approximate surface area is 87.5 Å². The molecule has 0 saturated carbocycles. The van der Waals surface area contributed by atoms with Gasteiger partial charge < -0.3 is 5.11 Å². The number of carbonyl (C=O) groups excluding carboxylic acids is 1. The van der Waals surface area contributed by atoms with Crippen molar-refractivity contribution in [1.82, 2.24) is 0 Å². The van der Waals surface area contributed by atoms with Gasteiger partial charge in [-0.05, 0) is 11.8 Å². The third-order valence-electron chi connectivity index (χ3n) is 2.01. The molecule has 5 heteroatoms. The van der Waals surface area contributed by atoms with Crippen molar-refractivity contribution in [2.45, 2.75) is 52.3 Å². The third-order valence-corrected chi connectivity index (χ3v) is 2.01.